The van der Waals surface area contributed by atoms with Gasteiger partial charge in [-0.2, -0.15) is 0 Å². The van der Waals surface area contributed by atoms with E-state index in [-0.39, 0.29) is 5.92 Å². The summed E-state index contributed by atoms with van der Waals surface area (Å²) in [7, 11) is -10.5. The Hall–Kier alpha value is -0.852. The molecule has 0 aromatic rings. The number of hydrogen-bond acceptors (Lipinski definition) is 4. The second kappa shape index (κ2) is 10.4. The standard InChI is InChI=1S/C21H38O4Si4/c1-12-27(13-2)22-26-23-29(16-5,25-28(14-3,15-4)24-27)21(19(10)11)20(17(6)7)18(8)9/h12-19H,1-5,26H2,6-11H3. The van der Waals surface area contributed by atoms with Crippen molar-refractivity contribution in [1.29, 1.82) is 0 Å². The quantitative estimate of drug-likeness (QED) is 0.456. The van der Waals surface area contributed by atoms with Gasteiger partial charge in [0.1, 0.15) is 0 Å². The van der Waals surface area contributed by atoms with Crippen molar-refractivity contribution in [3.05, 3.63) is 72.2 Å². The summed E-state index contributed by atoms with van der Waals surface area (Å²) in [6.07, 6.45) is 0. The Bertz CT molecular complexity index is 658. The summed E-state index contributed by atoms with van der Waals surface area (Å²) in [6, 6.07) is 0. The summed E-state index contributed by atoms with van der Waals surface area (Å²) >= 11 is 0. The minimum atomic E-state index is -3.10. The summed E-state index contributed by atoms with van der Waals surface area (Å²) in [5.41, 5.74) is 10.1. The highest BCUT2D eigenvalue weighted by atomic mass is 28.5. The topological polar surface area (TPSA) is 36.9 Å². The maximum absolute atomic E-state index is 6.89. The Morgan fingerprint density at radius 2 is 1.14 bits per heavy atom. The number of allylic oxidation sites excluding steroid dienone is 2. The molecule has 1 aliphatic rings. The van der Waals surface area contributed by atoms with E-state index in [0.29, 0.717) is 11.8 Å². The molecule has 1 atom stereocenters. The highest BCUT2D eigenvalue weighted by Gasteiger charge is 2.54. The van der Waals surface area contributed by atoms with E-state index in [1.54, 1.807) is 22.8 Å². The van der Waals surface area contributed by atoms with E-state index in [1.807, 2.05) is 5.70 Å². The van der Waals surface area contributed by atoms with Crippen molar-refractivity contribution in [3.63, 3.8) is 0 Å². The summed E-state index contributed by atoms with van der Waals surface area (Å²) in [4.78, 5) is 0. The Kier molecular flexibility index (Phi) is 9.43. The molecule has 4 nitrogen and oxygen atoms in total. The van der Waals surface area contributed by atoms with Gasteiger partial charge >= 0.3 is 25.7 Å². The lowest BCUT2D eigenvalue weighted by Crippen LogP contribution is -2.63. The minimum absolute atomic E-state index is 0.232. The van der Waals surface area contributed by atoms with Gasteiger partial charge in [0.05, 0.1) is 0 Å². The lowest BCUT2D eigenvalue weighted by Gasteiger charge is -2.45. The fraction of sp³-hybridized carbons (Fsp3) is 0.429. The molecule has 0 saturated carbocycles. The summed E-state index contributed by atoms with van der Waals surface area (Å²) in [5.74, 6) is 0.947. The maximum Gasteiger partial charge on any atom is 0.377 e. The molecule has 1 fully saturated rings. The molecule has 1 rings (SSSR count). The van der Waals surface area contributed by atoms with Crippen molar-refractivity contribution in [2.24, 2.45) is 17.8 Å². The molecule has 0 bridgehead atoms. The molecule has 29 heavy (non-hydrogen) atoms. The molecule has 1 saturated heterocycles. The van der Waals surface area contributed by atoms with Gasteiger partial charge in [-0.15, -0.1) is 32.9 Å². The van der Waals surface area contributed by atoms with E-state index in [2.05, 4.69) is 74.4 Å². The predicted octanol–water partition coefficient (Wildman–Crippen LogP) is 4.82. The highest BCUT2D eigenvalue weighted by Crippen LogP contribution is 2.39. The van der Waals surface area contributed by atoms with Gasteiger partial charge in [-0.05, 0) is 51.4 Å². The smallest absolute Gasteiger partial charge is 0.377 e. The molecule has 0 aromatic heterocycles. The van der Waals surface area contributed by atoms with Gasteiger partial charge in [-0.25, -0.2) is 0 Å². The fourth-order valence-electron chi connectivity index (χ4n) is 3.88. The van der Waals surface area contributed by atoms with Crippen LogP contribution in [-0.4, -0.2) is 35.7 Å². The molecule has 162 valence electrons. The molecule has 0 amide bonds. The Morgan fingerprint density at radius 3 is 1.48 bits per heavy atom. The second-order valence-corrected chi connectivity index (χ2v) is 19.1. The highest BCUT2D eigenvalue weighted by molar-refractivity contribution is 6.99. The van der Waals surface area contributed by atoms with Crippen LogP contribution < -0.4 is 0 Å². The first kappa shape index (κ1) is 26.2. The van der Waals surface area contributed by atoms with Crippen LogP contribution in [0.5, 0.6) is 0 Å². The van der Waals surface area contributed by atoms with Crippen molar-refractivity contribution < 1.29 is 16.5 Å². The molecule has 8 heteroatoms. The van der Waals surface area contributed by atoms with Crippen LogP contribution in [0, 0.1) is 17.8 Å². The molecule has 1 unspecified atom stereocenters. The SMILES string of the molecule is C=C[Si]1(C=C)O[SiH2]O[Si](C=C)(C(=C(C(C)C)C(C)C)C(C)C)O[Si](C=C)(C=C)O1. The van der Waals surface area contributed by atoms with Crippen LogP contribution in [0.3, 0.4) is 0 Å². The molecule has 0 aliphatic carbocycles. The molecule has 0 N–H and O–H groups in total. The van der Waals surface area contributed by atoms with Crippen molar-refractivity contribution in [2.45, 2.75) is 41.5 Å². The van der Waals surface area contributed by atoms with Gasteiger partial charge < -0.3 is 16.5 Å². The summed E-state index contributed by atoms with van der Waals surface area (Å²) in [6.45, 7) is 33.3. The average Bonchev–Trinajstić information content (AvgIpc) is 2.67. The second-order valence-electron chi connectivity index (χ2n) is 8.07. The average molecular weight is 467 g/mol. The van der Waals surface area contributed by atoms with Gasteiger partial charge in [-0.3, -0.25) is 0 Å². The van der Waals surface area contributed by atoms with E-state index in [4.69, 9.17) is 16.5 Å². The molecule has 0 aromatic carbocycles. The molecule has 0 spiro atoms. The number of hydrogen-bond donors (Lipinski definition) is 0. The van der Waals surface area contributed by atoms with Crippen LogP contribution in [0.25, 0.3) is 0 Å². The van der Waals surface area contributed by atoms with E-state index in [9.17, 15) is 0 Å². The van der Waals surface area contributed by atoms with Crippen molar-refractivity contribution in [2.75, 3.05) is 0 Å². The monoisotopic (exact) mass is 466 g/mol. The molecule has 1 heterocycles. The zero-order valence-electron chi connectivity index (χ0n) is 19.0. The zero-order valence-corrected chi connectivity index (χ0v) is 23.4. The first-order valence-electron chi connectivity index (χ1n) is 10.1. The van der Waals surface area contributed by atoms with Gasteiger partial charge in [0.15, 0.2) is 0 Å². The van der Waals surface area contributed by atoms with Crippen molar-refractivity contribution in [3.8, 4) is 0 Å². The van der Waals surface area contributed by atoms with E-state index >= 15 is 0 Å². The van der Waals surface area contributed by atoms with Gasteiger partial charge in [0.2, 0.25) is 0 Å². The molecule has 0 radical (unpaired) electrons. The van der Waals surface area contributed by atoms with Crippen molar-refractivity contribution in [1.82, 2.24) is 0 Å². The minimum Gasteiger partial charge on any atom is -0.414 e. The zero-order chi connectivity index (χ0) is 22.5. The van der Waals surface area contributed by atoms with E-state index < -0.39 is 35.7 Å². The third-order valence-electron chi connectivity index (χ3n) is 5.10. The Labute approximate surface area is 183 Å². The van der Waals surface area contributed by atoms with E-state index in [1.165, 1.54) is 10.8 Å². The Balaban J connectivity index is 3.80. The first-order valence-corrected chi connectivity index (χ1v) is 17.1. The van der Waals surface area contributed by atoms with Crippen molar-refractivity contribution >= 4 is 35.7 Å². The lowest BCUT2D eigenvalue weighted by molar-refractivity contribution is 0.276. The van der Waals surface area contributed by atoms with Crippen LogP contribution in [0.2, 0.25) is 0 Å². The van der Waals surface area contributed by atoms with Crippen LogP contribution >= 0.6 is 0 Å². The Morgan fingerprint density at radius 1 is 0.655 bits per heavy atom. The van der Waals surface area contributed by atoms with Gasteiger partial charge in [-0.1, -0.05) is 47.1 Å². The number of rotatable bonds is 9. The van der Waals surface area contributed by atoms with Crippen LogP contribution in [-0.2, 0) is 16.5 Å². The van der Waals surface area contributed by atoms with E-state index in [0.717, 1.165) is 0 Å². The predicted molar refractivity (Wildman–Crippen MR) is 133 cm³/mol. The molecule has 1 aliphatic heterocycles. The normalized spacial score (nSPS) is 24.6. The lowest BCUT2D eigenvalue weighted by atomic mass is 9.89. The fourth-order valence-corrected chi connectivity index (χ4v) is 19.2. The van der Waals surface area contributed by atoms with Crippen LogP contribution in [0.15, 0.2) is 72.2 Å². The van der Waals surface area contributed by atoms with Crippen LogP contribution in [0.1, 0.15) is 41.5 Å². The van der Waals surface area contributed by atoms with Crippen LogP contribution in [0.4, 0.5) is 0 Å². The third-order valence-corrected chi connectivity index (χ3v) is 19.0. The molecular formula is C21H38O4Si4. The summed E-state index contributed by atoms with van der Waals surface area (Å²) < 4.78 is 26.3. The van der Waals surface area contributed by atoms with Gasteiger partial charge in [0.25, 0.3) is 10.0 Å². The summed E-state index contributed by atoms with van der Waals surface area (Å²) in [5, 5.41) is 1.21. The third kappa shape index (κ3) is 5.45. The largest absolute Gasteiger partial charge is 0.414 e. The maximum atomic E-state index is 6.89. The van der Waals surface area contributed by atoms with Gasteiger partial charge in [0, 0.05) is 0 Å². The molecular weight excluding hydrogens is 429 g/mol. The first-order chi connectivity index (χ1) is 13.5.